The van der Waals surface area contributed by atoms with Crippen molar-refractivity contribution in [1.29, 1.82) is 0 Å². The summed E-state index contributed by atoms with van der Waals surface area (Å²) in [5, 5.41) is 11.2. The minimum atomic E-state index is -4.45. The Balaban J connectivity index is 1.25. The molecule has 0 saturated carbocycles. The third-order valence-electron chi connectivity index (χ3n) is 5.64. The SMILES string of the molecule is O=C(Cc1cccc(C(F)(F)F)c1)Nc1cccc(Sc2ccc3c(/C=C/c4ccccn4)n[nH]c3c2)c1. The Kier molecular flexibility index (Phi) is 7.28. The van der Waals surface area contributed by atoms with Gasteiger partial charge < -0.3 is 5.32 Å². The molecular weight excluding hydrogens is 509 g/mol. The van der Waals surface area contributed by atoms with Gasteiger partial charge in [-0.25, -0.2) is 0 Å². The lowest BCUT2D eigenvalue weighted by molar-refractivity contribution is -0.137. The van der Waals surface area contributed by atoms with Crippen molar-refractivity contribution in [3.8, 4) is 0 Å². The van der Waals surface area contributed by atoms with E-state index in [2.05, 4.69) is 20.5 Å². The Morgan fingerprint density at radius 3 is 2.58 bits per heavy atom. The number of hydrogen-bond donors (Lipinski definition) is 2. The molecule has 0 aliphatic heterocycles. The Morgan fingerprint density at radius 1 is 0.921 bits per heavy atom. The number of carbonyl (C=O) groups is 1. The second kappa shape index (κ2) is 10.9. The normalized spacial score (nSPS) is 11.8. The quantitative estimate of drug-likeness (QED) is 0.229. The zero-order valence-electron chi connectivity index (χ0n) is 19.9. The largest absolute Gasteiger partial charge is 0.416 e. The second-order valence-corrected chi connectivity index (χ2v) is 9.60. The zero-order valence-corrected chi connectivity index (χ0v) is 20.7. The number of nitrogens with one attached hydrogen (secondary N) is 2. The molecule has 9 heteroatoms. The molecule has 0 atom stereocenters. The van der Waals surface area contributed by atoms with Gasteiger partial charge in [-0.1, -0.05) is 42.1 Å². The first-order valence-corrected chi connectivity index (χ1v) is 12.5. The lowest BCUT2D eigenvalue weighted by atomic mass is 10.1. The number of fused-ring (bicyclic) bond motifs is 1. The summed E-state index contributed by atoms with van der Waals surface area (Å²) >= 11 is 1.52. The van der Waals surface area contributed by atoms with Gasteiger partial charge in [-0.2, -0.15) is 18.3 Å². The highest BCUT2D eigenvalue weighted by Crippen LogP contribution is 2.32. The molecule has 0 unspecified atom stereocenters. The average Bonchev–Trinajstić information content (AvgIpc) is 3.30. The Bertz CT molecular complexity index is 1610. The summed E-state index contributed by atoms with van der Waals surface area (Å²) in [4.78, 5) is 18.6. The van der Waals surface area contributed by atoms with Crippen LogP contribution in [0, 0.1) is 0 Å². The number of nitrogens with zero attached hydrogens (tertiary/aromatic N) is 2. The standard InChI is InChI=1S/C29H21F3N4OS/c30-29(31,32)20-6-3-5-19(15-20)16-28(37)34-22-8-4-9-23(17-22)38-24-11-12-25-26(35-36-27(25)18-24)13-10-21-7-1-2-14-33-21/h1-15,17-18H,16H2,(H,34,37)(H,35,36)/b13-10+. The highest BCUT2D eigenvalue weighted by Gasteiger charge is 2.30. The molecule has 5 rings (SSSR count). The Hall–Kier alpha value is -4.37. The molecule has 2 aromatic heterocycles. The van der Waals surface area contributed by atoms with E-state index in [1.165, 1.54) is 23.9 Å². The Morgan fingerprint density at radius 2 is 1.76 bits per heavy atom. The minimum absolute atomic E-state index is 0.158. The van der Waals surface area contributed by atoms with E-state index in [1.807, 2.05) is 66.7 Å². The monoisotopic (exact) mass is 530 g/mol. The Labute approximate surface area is 220 Å². The third kappa shape index (κ3) is 6.30. The molecule has 0 radical (unpaired) electrons. The van der Waals surface area contributed by atoms with Crippen molar-refractivity contribution < 1.29 is 18.0 Å². The lowest BCUT2D eigenvalue weighted by Crippen LogP contribution is -2.15. The molecule has 0 aliphatic rings. The molecule has 0 aliphatic carbocycles. The molecule has 5 aromatic rings. The van der Waals surface area contributed by atoms with Crippen LogP contribution in [0.25, 0.3) is 23.1 Å². The van der Waals surface area contributed by atoms with Crippen molar-refractivity contribution >= 4 is 46.4 Å². The van der Waals surface area contributed by atoms with Crippen molar-refractivity contribution in [3.05, 3.63) is 114 Å². The van der Waals surface area contributed by atoms with Crippen LogP contribution in [-0.4, -0.2) is 21.1 Å². The van der Waals surface area contributed by atoms with Gasteiger partial charge in [0.15, 0.2) is 0 Å². The average molecular weight is 531 g/mol. The molecule has 38 heavy (non-hydrogen) atoms. The maximum absolute atomic E-state index is 12.9. The van der Waals surface area contributed by atoms with Gasteiger partial charge >= 0.3 is 6.18 Å². The molecule has 0 fully saturated rings. The fourth-order valence-corrected chi connectivity index (χ4v) is 4.79. The van der Waals surface area contributed by atoms with Crippen LogP contribution in [-0.2, 0) is 17.4 Å². The van der Waals surface area contributed by atoms with Gasteiger partial charge in [0, 0.05) is 27.1 Å². The molecule has 0 bridgehead atoms. The fourth-order valence-electron chi connectivity index (χ4n) is 3.87. The van der Waals surface area contributed by atoms with Gasteiger partial charge in [0.05, 0.1) is 28.9 Å². The van der Waals surface area contributed by atoms with E-state index in [4.69, 9.17) is 0 Å². The molecule has 5 nitrogen and oxygen atoms in total. The summed E-state index contributed by atoms with van der Waals surface area (Å²) < 4.78 is 38.8. The number of pyridine rings is 1. The molecule has 190 valence electrons. The number of anilines is 1. The van der Waals surface area contributed by atoms with Crippen molar-refractivity contribution in [2.24, 2.45) is 0 Å². The van der Waals surface area contributed by atoms with E-state index >= 15 is 0 Å². The third-order valence-corrected chi connectivity index (χ3v) is 6.62. The van der Waals surface area contributed by atoms with Crippen LogP contribution >= 0.6 is 11.8 Å². The first-order chi connectivity index (χ1) is 18.3. The predicted molar refractivity (Wildman–Crippen MR) is 144 cm³/mol. The molecule has 0 saturated heterocycles. The molecule has 1 amide bonds. The molecular formula is C29H21F3N4OS. The summed E-state index contributed by atoms with van der Waals surface area (Å²) in [6.07, 6.45) is 0.956. The number of benzene rings is 3. The number of alkyl halides is 3. The van der Waals surface area contributed by atoms with Crippen molar-refractivity contribution in [3.63, 3.8) is 0 Å². The summed E-state index contributed by atoms with van der Waals surface area (Å²) in [6.45, 7) is 0. The van der Waals surface area contributed by atoms with Crippen LogP contribution in [0.3, 0.4) is 0 Å². The molecule has 3 aromatic carbocycles. The summed E-state index contributed by atoms with van der Waals surface area (Å²) in [5.41, 5.74) is 2.64. The first kappa shape index (κ1) is 25.3. The van der Waals surface area contributed by atoms with E-state index < -0.39 is 17.6 Å². The lowest BCUT2D eigenvalue weighted by Gasteiger charge is -2.10. The van der Waals surface area contributed by atoms with Crippen molar-refractivity contribution in [2.75, 3.05) is 5.32 Å². The number of amides is 1. The molecule has 2 N–H and O–H groups in total. The number of H-pyrrole nitrogens is 1. The van der Waals surface area contributed by atoms with Crippen LogP contribution in [0.4, 0.5) is 18.9 Å². The first-order valence-electron chi connectivity index (χ1n) is 11.6. The molecule has 2 heterocycles. The number of halogens is 3. The molecule has 0 spiro atoms. The highest BCUT2D eigenvalue weighted by molar-refractivity contribution is 7.99. The minimum Gasteiger partial charge on any atom is -0.326 e. The number of aromatic amines is 1. The van der Waals surface area contributed by atoms with Crippen LogP contribution in [0.2, 0.25) is 0 Å². The topological polar surface area (TPSA) is 70.7 Å². The van der Waals surface area contributed by atoms with Crippen molar-refractivity contribution in [1.82, 2.24) is 15.2 Å². The van der Waals surface area contributed by atoms with Gasteiger partial charge in [0.25, 0.3) is 0 Å². The van der Waals surface area contributed by atoms with Gasteiger partial charge in [-0.3, -0.25) is 14.9 Å². The smallest absolute Gasteiger partial charge is 0.326 e. The van der Waals surface area contributed by atoms with E-state index in [1.54, 1.807) is 12.3 Å². The predicted octanol–water partition coefficient (Wildman–Crippen LogP) is 7.48. The van der Waals surface area contributed by atoms with Gasteiger partial charge in [0.1, 0.15) is 0 Å². The fraction of sp³-hybridized carbons (Fsp3) is 0.0690. The highest BCUT2D eigenvalue weighted by atomic mass is 32.2. The van der Waals surface area contributed by atoms with Crippen molar-refractivity contribution in [2.45, 2.75) is 22.4 Å². The summed E-state index contributed by atoms with van der Waals surface area (Å²) in [5.74, 6) is -0.392. The van der Waals surface area contributed by atoms with Crippen LogP contribution < -0.4 is 5.32 Å². The second-order valence-electron chi connectivity index (χ2n) is 8.46. The van der Waals surface area contributed by atoms with Gasteiger partial charge in [-0.15, -0.1) is 0 Å². The van der Waals surface area contributed by atoms with E-state index in [-0.39, 0.29) is 6.42 Å². The number of rotatable bonds is 7. The number of carbonyl (C=O) groups excluding carboxylic acids is 1. The van der Waals surface area contributed by atoms with E-state index in [9.17, 15) is 18.0 Å². The maximum Gasteiger partial charge on any atom is 0.416 e. The van der Waals surface area contributed by atoms with E-state index in [0.717, 1.165) is 44.2 Å². The van der Waals surface area contributed by atoms with E-state index in [0.29, 0.717) is 11.3 Å². The van der Waals surface area contributed by atoms with Gasteiger partial charge in [0.2, 0.25) is 5.91 Å². The summed E-state index contributed by atoms with van der Waals surface area (Å²) in [7, 11) is 0. The zero-order chi connectivity index (χ0) is 26.5. The van der Waals surface area contributed by atoms with Gasteiger partial charge in [-0.05, 0) is 72.3 Å². The van der Waals surface area contributed by atoms with Crippen LogP contribution in [0.1, 0.15) is 22.5 Å². The van der Waals surface area contributed by atoms with Crippen LogP contribution in [0.15, 0.2) is 101 Å². The summed E-state index contributed by atoms with van der Waals surface area (Å²) in [6, 6.07) is 23.8. The van der Waals surface area contributed by atoms with Crippen LogP contribution in [0.5, 0.6) is 0 Å². The number of aromatic nitrogens is 3. The maximum atomic E-state index is 12.9. The number of hydrogen-bond acceptors (Lipinski definition) is 4.